The molecule has 1 saturated heterocycles. The first kappa shape index (κ1) is 7.88. The van der Waals surface area contributed by atoms with Crippen LogP contribution in [0, 0.1) is 0 Å². The molecule has 1 aliphatic heterocycles. The van der Waals surface area contributed by atoms with E-state index in [4.69, 9.17) is 9.47 Å². The molecule has 0 saturated carbocycles. The predicted molar refractivity (Wildman–Crippen MR) is 38.8 cm³/mol. The molecule has 0 aliphatic carbocycles. The van der Waals surface area contributed by atoms with Crippen LogP contribution in [0.2, 0.25) is 0 Å². The highest BCUT2D eigenvalue weighted by Gasteiger charge is 2.24. The van der Waals surface area contributed by atoms with E-state index in [0.29, 0.717) is 19.2 Å². The van der Waals surface area contributed by atoms with Crippen molar-refractivity contribution in [1.29, 1.82) is 0 Å². The van der Waals surface area contributed by atoms with Gasteiger partial charge in [0, 0.05) is 0 Å². The molecule has 0 bridgehead atoms. The zero-order valence-electron chi connectivity index (χ0n) is 5.83. The van der Waals surface area contributed by atoms with Crippen LogP contribution in [0.25, 0.3) is 0 Å². The largest absolute Gasteiger partial charge is 0.465 e. The Morgan fingerprint density at radius 2 is 2.70 bits per heavy atom. The fourth-order valence-electron chi connectivity index (χ4n) is 0.705. The molecule has 0 N–H and O–H groups in total. The van der Waals surface area contributed by atoms with Gasteiger partial charge in [0.2, 0.25) is 0 Å². The molecule has 0 aromatic heterocycles. The fraction of sp³-hybridized carbons (Fsp3) is 0.833. The standard InChI is InChI=1S/C6H10O3S/c1-2-9-6(7)5-3-8-4-10-5/h5H,2-4H2,1H3. The Hall–Kier alpha value is -0.220. The van der Waals surface area contributed by atoms with Crippen molar-refractivity contribution in [1.82, 2.24) is 0 Å². The number of hydrogen-bond acceptors (Lipinski definition) is 4. The maximum absolute atomic E-state index is 10.9. The molecule has 0 spiro atoms. The van der Waals surface area contributed by atoms with Crippen molar-refractivity contribution < 1.29 is 14.3 Å². The summed E-state index contributed by atoms with van der Waals surface area (Å²) in [5.41, 5.74) is 0. The zero-order chi connectivity index (χ0) is 7.40. The van der Waals surface area contributed by atoms with Gasteiger partial charge in [0.15, 0.2) is 0 Å². The van der Waals surface area contributed by atoms with Gasteiger partial charge in [-0.2, -0.15) is 0 Å². The molecule has 1 heterocycles. The molecular formula is C6H10O3S. The molecular weight excluding hydrogens is 152 g/mol. The molecule has 1 aliphatic rings. The third-order valence-electron chi connectivity index (χ3n) is 1.17. The lowest BCUT2D eigenvalue weighted by molar-refractivity contribution is -0.142. The van der Waals surface area contributed by atoms with E-state index in [0.717, 1.165) is 0 Å². The second-order valence-corrected chi connectivity index (χ2v) is 3.03. The van der Waals surface area contributed by atoms with Crippen LogP contribution < -0.4 is 0 Å². The molecule has 1 fully saturated rings. The van der Waals surface area contributed by atoms with Crippen LogP contribution in [0.15, 0.2) is 0 Å². The maximum Gasteiger partial charge on any atom is 0.321 e. The van der Waals surface area contributed by atoms with E-state index in [-0.39, 0.29) is 11.2 Å². The van der Waals surface area contributed by atoms with Gasteiger partial charge in [0.25, 0.3) is 0 Å². The van der Waals surface area contributed by atoms with Crippen LogP contribution in [0.1, 0.15) is 6.92 Å². The SMILES string of the molecule is CCOC(=O)C1COCS1. The van der Waals surface area contributed by atoms with Crippen molar-refractivity contribution in [2.24, 2.45) is 0 Å². The molecule has 0 amide bonds. The highest BCUT2D eigenvalue weighted by atomic mass is 32.2. The first-order valence-corrected chi connectivity index (χ1v) is 4.25. The summed E-state index contributed by atoms with van der Waals surface area (Å²) in [6.07, 6.45) is 0. The summed E-state index contributed by atoms with van der Waals surface area (Å²) in [6.45, 7) is 2.76. The molecule has 0 aromatic carbocycles. The van der Waals surface area contributed by atoms with Gasteiger partial charge in [-0.1, -0.05) is 0 Å². The van der Waals surface area contributed by atoms with E-state index in [1.54, 1.807) is 6.92 Å². The lowest BCUT2D eigenvalue weighted by atomic mass is 10.4. The Morgan fingerprint density at radius 3 is 3.20 bits per heavy atom. The number of ether oxygens (including phenoxy) is 2. The van der Waals surface area contributed by atoms with Crippen LogP contribution >= 0.6 is 11.8 Å². The fourth-order valence-corrected chi connectivity index (χ4v) is 1.46. The molecule has 10 heavy (non-hydrogen) atoms. The molecule has 1 rings (SSSR count). The third kappa shape index (κ3) is 1.88. The van der Waals surface area contributed by atoms with Crippen LogP contribution in [-0.2, 0) is 14.3 Å². The van der Waals surface area contributed by atoms with E-state index < -0.39 is 0 Å². The Bertz CT molecular complexity index is 120. The van der Waals surface area contributed by atoms with Gasteiger partial charge in [-0.05, 0) is 6.92 Å². The van der Waals surface area contributed by atoms with Crippen LogP contribution in [0.3, 0.4) is 0 Å². The van der Waals surface area contributed by atoms with Crippen molar-refractivity contribution in [3.05, 3.63) is 0 Å². The van der Waals surface area contributed by atoms with Crippen molar-refractivity contribution in [3.63, 3.8) is 0 Å². The molecule has 0 radical (unpaired) electrons. The van der Waals surface area contributed by atoms with E-state index in [1.807, 2.05) is 0 Å². The highest BCUT2D eigenvalue weighted by molar-refractivity contribution is 8.00. The van der Waals surface area contributed by atoms with Gasteiger partial charge < -0.3 is 9.47 Å². The third-order valence-corrected chi connectivity index (χ3v) is 2.20. The molecule has 1 atom stereocenters. The van der Waals surface area contributed by atoms with Gasteiger partial charge in [0.05, 0.1) is 19.2 Å². The second-order valence-electron chi connectivity index (χ2n) is 1.90. The molecule has 4 heteroatoms. The topological polar surface area (TPSA) is 35.5 Å². The number of carbonyl (C=O) groups is 1. The summed E-state index contributed by atoms with van der Waals surface area (Å²) in [5.74, 6) is 0.466. The number of carbonyl (C=O) groups excluding carboxylic acids is 1. The van der Waals surface area contributed by atoms with Gasteiger partial charge >= 0.3 is 5.97 Å². The van der Waals surface area contributed by atoms with Crippen molar-refractivity contribution in [2.75, 3.05) is 19.2 Å². The molecule has 58 valence electrons. The van der Waals surface area contributed by atoms with E-state index >= 15 is 0 Å². The molecule has 3 nitrogen and oxygen atoms in total. The maximum atomic E-state index is 10.9. The lowest BCUT2D eigenvalue weighted by Gasteiger charge is -2.04. The van der Waals surface area contributed by atoms with Gasteiger partial charge in [0.1, 0.15) is 5.25 Å². The second kappa shape index (κ2) is 3.83. The predicted octanol–water partition coefficient (Wildman–Crippen LogP) is 0.639. The smallest absolute Gasteiger partial charge is 0.321 e. The monoisotopic (exact) mass is 162 g/mol. The number of thioether (sulfide) groups is 1. The van der Waals surface area contributed by atoms with Crippen molar-refractivity contribution >= 4 is 17.7 Å². The summed E-state index contributed by atoms with van der Waals surface area (Å²) in [5, 5.41) is -0.0834. The Labute approximate surface area is 64.1 Å². The number of esters is 1. The summed E-state index contributed by atoms with van der Waals surface area (Å²) < 4.78 is 9.77. The average molecular weight is 162 g/mol. The quantitative estimate of drug-likeness (QED) is 0.558. The normalized spacial score (nSPS) is 24.7. The van der Waals surface area contributed by atoms with Crippen LogP contribution in [-0.4, -0.2) is 30.4 Å². The minimum atomic E-state index is -0.148. The van der Waals surface area contributed by atoms with E-state index in [2.05, 4.69) is 0 Å². The zero-order valence-corrected chi connectivity index (χ0v) is 6.65. The van der Waals surface area contributed by atoms with Crippen molar-refractivity contribution in [2.45, 2.75) is 12.2 Å². The Morgan fingerprint density at radius 1 is 1.90 bits per heavy atom. The summed E-state index contributed by atoms with van der Waals surface area (Å²) in [4.78, 5) is 10.9. The number of hydrogen-bond donors (Lipinski definition) is 0. The lowest BCUT2D eigenvalue weighted by Crippen LogP contribution is -2.20. The van der Waals surface area contributed by atoms with Crippen LogP contribution in [0.5, 0.6) is 0 Å². The first-order chi connectivity index (χ1) is 4.84. The summed E-state index contributed by atoms with van der Waals surface area (Å²) in [7, 11) is 0. The van der Waals surface area contributed by atoms with Gasteiger partial charge in [-0.25, -0.2) is 0 Å². The molecule has 1 unspecified atom stereocenters. The van der Waals surface area contributed by atoms with Crippen molar-refractivity contribution in [3.8, 4) is 0 Å². The minimum absolute atomic E-state index is 0.0834. The van der Waals surface area contributed by atoms with Gasteiger partial charge in [-0.3, -0.25) is 4.79 Å². The van der Waals surface area contributed by atoms with Gasteiger partial charge in [-0.15, -0.1) is 11.8 Å². The summed E-state index contributed by atoms with van der Waals surface area (Å²) in [6, 6.07) is 0. The average Bonchev–Trinajstić information content (AvgIpc) is 2.38. The van der Waals surface area contributed by atoms with Crippen LogP contribution in [0.4, 0.5) is 0 Å². The Balaban J connectivity index is 2.25. The summed E-state index contributed by atoms with van der Waals surface area (Å²) >= 11 is 1.49. The Kier molecular flexibility index (Phi) is 3.02. The minimum Gasteiger partial charge on any atom is -0.465 e. The number of rotatable bonds is 2. The molecule has 0 aromatic rings. The van der Waals surface area contributed by atoms with E-state index in [1.165, 1.54) is 11.8 Å². The highest BCUT2D eigenvalue weighted by Crippen LogP contribution is 2.19. The first-order valence-electron chi connectivity index (χ1n) is 3.20. The van der Waals surface area contributed by atoms with E-state index in [9.17, 15) is 4.79 Å².